The number of piperazine rings is 1. The smallest absolute Gasteiger partial charge is 0.236 e. The van der Waals surface area contributed by atoms with Crippen LogP contribution in [0.1, 0.15) is 24.9 Å². The molecular weight excluding hydrogens is 322 g/mol. The lowest BCUT2D eigenvalue weighted by atomic mass is 9.98. The minimum Gasteiger partial charge on any atom is -0.508 e. The van der Waals surface area contributed by atoms with Gasteiger partial charge in [-0.05, 0) is 24.6 Å². The Morgan fingerprint density at radius 1 is 1.65 bits per heavy atom. The molecule has 1 saturated heterocycles. The number of carbonyl (C=O) groups is 1. The number of primary amides is 1. The molecule has 0 aromatic heterocycles. The number of phenols is 1. The second-order valence-electron chi connectivity index (χ2n) is 4.99. The Morgan fingerprint density at radius 3 is 3.05 bits per heavy atom. The van der Waals surface area contributed by atoms with Crippen molar-refractivity contribution < 1.29 is 9.90 Å². The topological polar surface area (TPSA) is 78.6 Å². The lowest BCUT2D eigenvalue weighted by Gasteiger charge is -2.40. The molecule has 1 aliphatic rings. The minimum atomic E-state index is -0.341. The van der Waals surface area contributed by atoms with Gasteiger partial charge >= 0.3 is 0 Å². The van der Waals surface area contributed by atoms with Crippen molar-refractivity contribution in [3.05, 3.63) is 28.2 Å². The van der Waals surface area contributed by atoms with Crippen LogP contribution < -0.4 is 11.1 Å². The van der Waals surface area contributed by atoms with E-state index in [1.54, 1.807) is 12.1 Å². The molecule has 110 valence electrons. The summed E-state index contributed by atoms with van der Waals surface area (Å²) >= 11 is 3.43. The third-order valence-corrected chi connectivity index (χ3v) is 4.24. The maximum atomic E-state index is 11.6. The molecule has 0 aliphatic carbocycles. The summed E-state index contributed by atoms with van der Waals surface area (Å²) < 4.78 is 0.912. The Bertz CT molecular complexity index is 495. The van der Waals surface area contributed by atoms with Crippen LogP contribution in [0, 0.1) is 0 Å². The number of hydrogen-bond acceptors (Lipinski definition) is 4. The molecule has 6 heteroatoms. The maximum absolute atomic E-state index is 11.6. The molecule has 4 N–H and O–H groups in total. The number of carbonyl (C=O) groups excluding carboxylic acids is 1. The fraction of sp³-hybridized carbons (Fsp3) is 0.500. The average Bonchev–Trinajstić information content (AvgIpc) is 2.44. The first-order valence-corrected chi connectivity index (χ1v) is 7.58. The first kappa shape index (κ1) is 15.3. The number of hydrogen-bond donors (Lipinski definition) is 3. The highest BCUT2D eigenvalue weighted by Gasteiger charge is 2.33. The molecule has 2 unspecified atom stereocenters. The zero-order valence-electron chi connectivity index (χ0n) is 11.5. The number of rotatable bonds is 4. The van der Waals surface area contributed by atoms with Crippen molar-refractivity contribution in [1.29, 1.82) is 0 Å². The highest BCUT2D eigenvalue weighted by molar-refractivity contribution is 9.10. The third kappa shape index (κ3) is 3.13. The number of nitrogens with two attached hydrogens (primary N) is 1. The third-order valence-electron chi connectivity index (χ3n) is 3.75. The van der Waals surface area contributed by atoms with Crippen molar-refractivity contribution in [2.75, 3.05) is 19.6 Å². The normalized spacial score (nSPS) is 21.6. The summed E-state index contributed by atoms with van der Waals surface area (Å²) in [6.07, 6.45) is 0.799. The van der Waals surface area contributed by atoms with E-state index in [2.05, 4.69) is 26.1 Å². The van der Waals surface area contributed by atoms with Gasteiger partial charge in [-0.15, -0.1) is 0 Å². The van der Waals surface area contributed by atoms with Gasteiger partial charge in [0, 0.05) is 35.7 Å². The van der Waals surface area contributed by atoms with Crippen LogP contribution in [0.2, 0.25) is 0 Å². The van der Waals surface area contributed by atoms with Gasteiger partial charge in [-0.1, -0.05) is 22.9 Å². The predicted octanol–water partition coefficient (Wildman–Crippen LogP) is 1.36. The Morgan fingerprint density at radius 2 is 2.40 bits per heavy atom. The number of halogens is 1. The molecule has 1 heterocycles. The van der Waals surface area contributed by atoms with E-state index in [1.165, 1.54) is 0 Å². The van der Waals surface area contributed by atoms with Crippen molar-refractivity contribution in [3.63, 3.8) is 0 Å². The molecule has 2 rings (SSSR count). The van der Waals surface area contributed by atoms with Crippen molar-refractivity contribution >= 4 is 21.8 Å². The molecule has 20 heavy (non-hydrogen) atoms. The van der Waals surface area contributed by atoms with Crippen molar-refractivity contribution in [3.8, 4) is 5.75 Å². The SMILES string of the molecule is CCC(c1cc(Br)ccc1O)N1CCNCC1C(N)=O. The number of phenolic OH excluding ortho intramolecular Hbond substituents is 1. The van der Waals surface area contributed by atoms with Crippen LogP contribution in [-0.4, -0.2) is 41.6 Å². The first-order chi connectivity index (χ1) is 9.54. The van der Waals surface area contributed by atoms with Crippen LogP contribution >= 0.6 is 15.9 Å². The second kappa shape index (κ2) is 6.56. The van der Waals surface area contributed by atoms with E-state index in [0.717, 1.165) is 29.5 Å². The zero-order chi connectivity index (χ0) is 14.7. The van der Waals surface area contributed by atoms with Crippen LogP contribution in [0.4, 0.5) is 0 Å². The number of aromatic hydroxyl groups is 1. The van der Waals surface area contributed by atoms with Crippen LogP contribution in [-0.2, 0) is 4.79 Å². The van der Waals surface area contributed by atoms with Crippen molar-refractivity contribution in [1.82, 2.24) is 10.2 Å². The molecule has 1 aromatic carbocycles. The standard InChI is InChI=1S/C14H20BrN3O2/c1-2-11(10-7-9(15)3-4-13(10)19)18-6-5-17-8-12(18)14(16)20/h3-4,7,11-12,17,19H,2,5-6,8H2,1H3,(H2,16,20). The molecule has 1 fully saturated rings. The van der Waals surface area contributed by atoms with E-state index in [4.69, 9.17) is 5.73 Å². The monoisotopic (exact) mass is 341 g/mol. The fourth-order valence-electron chi connectivity index (χ4n) is 2.78. The summed E-state index contributed by atoms with van der Waals surface area (Å²) in [6, 6.07) is 5.02. The summed E-state index contributed by atoms with van der Waals surface area (Å²) in [6.45, 7) is 4.15. The van der Waals surface area contributed by atoms with Gasteiger partial charge in [0.25, 0.3) is 0 Å². The number of amides is 1. The molecule has 0 radical (unpaired) electrons. The molecule has 1 aromatic rings. The Balaban J connectivity index is 2.34. The van der Waals surface area contributed by atoms with Gasteiger partial charge in [0.05, 0.1) is 0 Å². The van der Waals surface area contributed by atoms with Gasteiger partial charge < -0.3 is 16.2 Å². The Hall–Kier alpha value is -1.11. The number of nitrogens with one attached hydrogen (secondary N) is 1. The fourth-order valence-corrected chi connectivity index (χ4v) is 3.16. The molecule has 1 amide bonds. The van der Waals surface area contributed by atoms with Crippen LogP contribution in [0.5, 0.6) is 5.75 Å². The minimum absolute atomic E-state index is 0.0212. The molecule has 0 spiro atoms. The summed E-state index contributed by atoms with van der Waals surface area (Å²) in [5.41, 5.74) is 6.33. The molecule has 1 aliphatic heterocycles. The van der Waals surface area contributed by atoms with Crippen LogP contribution in [0.25, 0.3) is 0 Å². The first-order valence-electron chi connectivity index (χ1n) is 6.78. The van der Waals surface area contributed by atoms with Gasteiger partial charge in [-0.25, -0.2) is 0 Å². The average molecular weight is 342 g/mol. The molecule has 0 bridgehead atoms. The molecular formula is C14H20BrN3O2. The lowest BCUT2D eigenvalue weighted by Crippen LogP contribution is -2.57. The van der Waals surface area contributed by atoms with E-state index in [-0.39, 0.29) is 23.7 Å². The van der Waals surface area contributed by atoms with Crippen molar-refractivity contribution in [2.24, 2.45) is 5.73 Å². The van der Waals surface area contributed by atoms with E-state index >= 15 is 0 Å². The summed E-state index contributed by atoms with van der Waals surface area (Å²) in [7, 11) is 0. The summed E-state index contributed by atoms with van der Waals surface area (Å²) in [5.74, 6) is -0.0769. The van der Waals surface area contributed by atoms with E-state index in [0.29, 0.717) is 6.54 Å². The summed E-state index contributed by atoms with van der Waals surface area (Å²) in [4.78, 5) is 13.7. The van der Waals surface area contributed by atoms with Gasteiger partial charge in [0.2, 0.25) is 5.91 Å². The van der Waals surface area contributed by atoms with E-state index in [1.807, 2.05) is 13.0 Å². The van der Waals surface area contributed by atoms with Gasteiger partial charge in [0.1, 0.15) is 11.8 Å². The van der Waals surface area contributed by atoms with Crippen LogP contribution in [0.3, 0.4) is 0 Å². The second-order valence-corrected chi connectivity index (χ2v) is 5.90. The lowest BCUT2D eigenvalue weighted by molar-refractivity contribution is -0.125. The largest absolute Gasteiger partial charge is 0.508 e. The maximum Gasteiger partial charge on any atom is 0.236 e. The highest BCUT2D eigenvalue weighted by atomic mass is 79.9. The van der Waals surface area contributed by atoms with Gasteiger partial charge in [-0.3, -0.25) is 9.69 Å². The quantitative estimate of drug-likeness (QED) is 0.772. The van der Waals surface area contributed by atoms with Crippen LogP contribution in [0.15, 0.2) is 22.7 Å². The number of benzene rings is 1. The van der Waals surface area contributed by atoms with Crippen molar-refractivity contribution in [2.45, 2.75) is 25.4 Å². The highest BCUT2D eigenvalue weighted by Crippen LogP contribution is 2.34. The molecule has 2 atom stereocenters. The van der Waals surface area contributed by atoms with Gasteiger partial charge in [0.15, 0.2) is 0 Å². The zero-order valence-corrected chi connectivity index (χ0v) is 13.1. The Labute approximate surface area is 127 Å². The number of nitrogens with zero attached hydrogens (tertiary/aromatic N) is 1. The predicted molar refractivity (Wildman–Crippen MR) is 81.4 cm³/mol. The van der Waals surface area contributed by atoms with E-state index in [9.17, 15) is 9.90 Å². The Kier molecular flexibility index (Phi) is 5.01. The van der Waals surface area contributed by atoms with Gasteiger partial charge in [-0.2, -0.15) is 0 Å². The molecule has 5 nitrogen and oxygen atoms in total. The summed E-state index contributed by atoms with van der Waals surface area (Å²) in [5, 5.41) is 13.3. The van der Waals surface area contributed by atoms with E-state index < -0.39 is 0 Å². The molecule has 0 saturated carbocycles.